The van der Waals surface area contributed by atoms with E-state index in [1.807, 2.05) is 25.8 Å². The van der Waals surface area contributed by atoms with E-state index in [1.165, 1.54) is 18.1 Å². The molecule has 98 valence electrons. The molecule has 0 bridgehead atoms. The molecule has 6 heteroatoms. The van der Waals surface area contributed by atoms with Gasteiger partial charge in [-0.2, -0.15) is 0 Å². The molecule has 1 aliphatic heterocycles. The van der Waals surface area contributed by atoms with Gasteiger partial charge in [0.2, 0.25) is 11.7 Å². The van der Waals surface area contributed by atoms with Crippen molar-refractivity contribution in [3.05, 3.63) is 12.0 Å². The first-order chi connectivity index (χ1) is 8.25. The predicted molar refractivity (Wildman–Crippen MR) is 66.2 cm³/mol. The highest BCUT2D eigenvalue weighted by Gasteiger charge is 2.40. The highest BCUT2D eigenvalue weighted by Crippen LogP contribution is 2.42. The van der Waals surface area contributed by atoms with Crippen molar-refractivity contribution in [3.63, 3.8) is 0 Å². The van der Waals surface area contributed by atoms with Crippen molar-refractivity contribution in [2.24, 2.45) is 0 Å². The summed E-state index contributed by atoms with van der Waals surface area (Å²) in [6.07, 6.45) is 1.38. The maximum atomic E-state index is 11.7. The Labute approximate surface area is 105 Å². The van der Waals surface area contributed by atoms with Crippen LogP contribution in [0, 0.1) is 0 Å². The molecule has 0 fully saturated rings. The van der Waals surface area contributed by atoms with Gasteiger partial charge >= 0.3 is 5.97 Å². The van der Waals surface area contributed by atoms with Gasteiger partial charge in [-0.3, -0.25) is 4.79 Å². The van der Waals surface area contributed by atoms with E-state index in [9.17, 15) is 9.59 Å². The third kappa shape index (κ3) is 1.64. The average molecular weight is 252 g/mol. The summed E-state index contributed by atoms with van der Waals surface area (Å²) in [7, 11) is 1.86. The SMILES string of the molecule is CC(=O)N1CC(C)(C)N(C)c2coc(C(=O)O)c21. The topological polar surface area (TPSA) is 74.0 Å². The highest BCUT2D eigenvalue weighted by molar-refractivity contribution is 6.04. The van der Waals surface area contributed by atoms with Gasteiger partial charge in [0, 0.05) is 20.5 Å². The zero-order valence-electron chi connectivity index (χ0n) is 10.9. The zero-order chi connectivity index (χ0) is 13.7. The lowest BCUT2D eigenvalue weighted by molar-refractivity contribution is -0.116. The largest absolute Gasteiger partial charge is 0.475 e. The minimum atomic E-state index is -1.17. The first kappa shape index (κ1) is 12.5. The first-order valence-corrected chi connectivity index (χ1v) is 5.62. The van der Waals surface area contributed by atoms with Gasteiger partial charge in [0.15, 0.2) is 0 Å². The van der Waals surface area contributed by atoms with Crippen molar-refractivity contribution in [2.45, 2.75) is 26.3 Å². The van der Waals surface area contributed by atoms with Crippen LogP contribution >= 0.6 is 0 Å². The molecule has 1 aliphatic rings. The number of carbonyl (C=O) groups excluding carboxylic acids is 1. The Morgan fingerprint density at radius 2 is 2.06 bits per heavy atom. The summed E-state index contributed by atoms with van der Waals surface area (Å²) >= 11 is 0. The van der Waals surface area contributed by atoms with Crippen LogP contribution in [0.3, 0.4) is 0 Å². The molecule has 2 rings (SSSR count). The Morgan fingerprint density at radius 1 is 1.44 bits per heavy atom. The Bertz CT molecular complexity index is 518. The Morgan fingerprint density at radius 3 is 2.56 bits per heavy atom. The second-order valence-corrected chi connectivity index (χ2v) is 5.08. The lowest BCUT2D eigenvalue weighted by Crippen LogP contribution is -2.55. The third-order valence-corrected chi connectivity index (χ3v) is 3.40. The van der Waals surface area contributed by atoms with Crippen molar-refractivity contribution < 1.29 is 19.1 Å². The molecule has 1 N–H and O–H groups in total. The number of carbonyl (C=O) groups is 2. The number of fused-ring (bicyclic) bond motifs is 1. The molecule has 0 aliphatic carbocycles. The van der Waals surface area contributed by atoms with E-state index in [2.05, 4.69) is 0 Å². The molecular weight excluding hydrogens is 236 g/mol. The molecular formula is C12H16N2O4. The van der Waals surface area contributed by atoms with Crippen LogP contribution in [-0.2, 0) is 4.79 Å². The van der Waals surface area contributed by atoms with Crippen LogP contribution in [0.1, 0.15) is 31.3 Å². The van der Waals surface area contributed by atoms with E-state index in [0.717, 1.165) is 0 Å². The van der Waals surface area contributed by atoms with Crippen molar-refractivity contribution in [1.29, 1.82) is 0 Å². The molecule has 2 heterocycles. The lowest BCUT2D eigenvalue weighted by atomic mass is 9.97. The summed E-state index contributed by atoms with van der Waals surface area (Å²) in [4.78, 5) is 26.2. The number of carboxylic acids is 1. The van der Waals surface area contributed by atoms with Crippen molar-refractivity contribution in [2.75, 3.05) is 23.4 Å². The van der Waals surface area contributed by atoms with Crippen LogP contribution < -0.4 is 9.80 Å². The van der Waals surface area contributed by atoms with Crippen molar-refractivity contribution in [3.8, 4) is 0 Å². The minimum absolute atomic E-state index is 0.192. The molecule has 1 aromatic rings. The van der Waals surface area contributed by atoms with E-state index < -0.39 is 5.97 Å². The number of likely N-dealkylation sites (N-methyl/N-ethyl adjacent to an activating group) is 1. The third-order valence-electron chi connectivity index (χ3n) is 3.40. The van der Waals surface area contributed by atoms with Gasteiger partial charge in [-0.25, -0.2) is 4.79 Å². The second-order valence-electron chi connectivity index (χ2n) is 5.08. The van der Waals surface area contributed by atoms with E-state index >= 15 is 0 Å². The molecule has 6 nitrogen and oxygen atoms in total. The fourth-order valence-electron chi connectivity index (χ4n) is 2.16. The Kier molecular flexibility index (Phi) is 2.61. The van der Waals surface area contributed by atoms with Gasteiger partial charge < -0.3 is 19.3 Å². The van der Waals surface area contributed by atoms with Crippen LogP contribution in [0.4, 0.5) is 11.4 Å². The molecule has 0 unspecified atom stereocenters. The molecule has 0 spiro atoms. The van der Waals surface area contributed by atoms with Gasteiger partial charge in [-0.05, 0) is 13.8 Å². The Balaban J connectivity index is 2.63. The molecule has 0 saturated heterocycles. The molecule has 0 atom stereocenters. The number of anilines is 2. The summed E-state index contributed by atoms with van der Waals surface area (Å²) in [6, 6.07) is 0. The standard InChI is InChI=1S/C12H16N2O4/c1-7(15)14-6-12(2,3)13(4)8-5-18-10(9(8)14)11(16)17/h5H,6H2,1-4H3,(H,16,17). The normalized spacial score (nSPS) is 17.6. The van der Waals surface area contributed by atoms with Crippen molar-refractivity contribution >= 4 is 23.3 Å². The first-order valence-electron chi connectivity index (χ1n) is 5.62. The number of hydrogen-bond donors (Lipinski definition) is 1. The van der Waals surface area contributed by atoms with Crippen LogP contribution in [-0.4, -0.2) is 36.1 Å². The Hall–Kier alpha value is -1.98. The number of hydrogen-bond acceptors (Lipinski definition) is 4. The van der Waals surface area contributed by atoms with Crippen LogP contribution in [0.5, 0.6) is 0 Å². The smallest absolute Gasteiger partial charge is 0.374 e. The predicted octanol–water partition coefficient (Wildman–Crippen LogP) is 1.56. The van der Waals surface area contributed by atoms with Crippen LogP contribution in [0.15, 0.2) is 10.7 Å². The number of carboxylic acid groups (broad SMARTS) is 1. The maximum absolute atomic E-state index is 11.7. The minimum Gasteiger partial charge on any atom is -0.475 e. The maximum Gasteiger partial charge on any atom is 0.374 e. The van der Waals surface area contributed by atoms with E-state index in [1.54, 1.807) is 0 Å². The van der Waals surface area contributed by atoms with Gasteiger partial charge in [0.05, 0.1) is 5.54 Å². The second kappa shape index (κ2) is 3.76. The van der Waals surface area contributed by atoms with Crippen LogP contribution in [0.25, 0.3) is 0 Å². The van der Waals surface area contributed by atoms with Crippen molar-refractivity contribution in [1.82, 2.24) is 0 Å². The van der Waals surface area contributed by atoms with Gasteiger partial charge in [-0.1, -0.05) is 0 Å². The van der Waals surface area contributed by atoms with E-state index in [-0.39, 0.29) is 17.2 Å². The van der Waals surface area contributed by atoms with Gasteiger partial charge in [0.1, 0.15) is 17.6 Å². The summed E-state index contributed by atoms with van der Waals surface area (Å²) in [5, 5.41) is 9.10. The number of aromatic carboxylic acids is 1. The molecule has 1 amide bonds. The zero-order valence-corrected chi connectivity index (χ0v) is 10.9. The monoisotopic (exact) mass is 252 g/mol. The summed E-state index contributed by atoms with van der Waals surface area (Å²) in [5.74, 6) is -1.56. The summed E-state index contributed by atoms with van der Waals surface area (Å²) in [6.45, 7) is 5.81. The fraction of sp³-hybridized carbons (Fsp3) is 0.500. The molecule has 1 aromatic heterocycles. The number of rotatable bonds is 1. The fourth-order valence-corrected chi connectivity index (χ4v) is 2.16. The molecule has 0 aromatic carbocycles. The number of nitrogens with zero attached hydrogens (tertiary/aromatic N) is 2. The lowest BCUT2D eigenvalue weighted by Gasteiger charge is -2.45. The molecule has 0 saturated carbocycles. The summed E-state index contributed by atoms with van der Waals surface area (Å²) in [5.41, 5.74) is 0.689. The molecule has 0 radical (unpaired) electrons. The number of amides is 1. The molecule has 18 heavy (non-hydrogen) atoms. The van der Waals surface area contributed by atoms with Gasteiger partial charge in [0.25, 0.3) is 0 Å². The van der Waals surface area contributed by atoms with Gasteiger partial charge in [-0.15, -0.1) is 0 Å². The highest BCUT2D eigenvalue weighted by atomic mass is 16.4. The average Bonchev–Trinajstić information content (AvgIpc) is 2.67. The van der Waals surface area contributed by atoms with E-state index in [0.29, 0.717) is 17.9 Å². The quantitative estimate of drug-likeness (QED) is 0.821. The number of furan rings is 1. The van der Waals surface area contributed by atoms with Crippen LogP contribution in [0.2, 0.25) is 0 Å². The summed E-state index contributed by atoms with van der Waals surface area (Å²) < 4.78 is 5.09. The van der Waals surface area contributed by atoms with E-state index in [4.69, 9.17) is 9.52 Å².